The molecule has 16 heavy (non-hydrogen) atoms. The summed E-state index contributed by atoms with van der Waals surface area (Å²) in [5.74, 6) is 0.688. The maximum absolute atomic E-state index is 9.19. The molecule has 0 aromatic rings. The fourth-order valence-corrected chi connectivity index (χ4v) is 2.52. The number of ether oxygens (including phenoxy) is 1. The fraction of sp³-hybridized carbons (Fsp3) is 1.00. The molecule has 1 heterocycles. The van der Waals surface area contributed by atoms with E-state index >= 15 is 0 Å². The van der Waals surface area contributed by atoms with Crippen LogP contribution in [0.5, 0.6) is 0 Å². The summed E-state index contributed by atoms with van der Waals surface area (Å²) in [6.07, 6.45) is 3.04. The standard InChI is InChI=1S/C12H24N2O2/c1-9(4-11-8-16-3-2-13-11)14-7-10-5-12(15)6-10/h9-15H,2-8H2,1H3. The van der Waals surface area contributed by atoms with Gasteiger partial charge in [-0.3, -0.25) is 0 Å². The molecule has 4 nitrogen and oxygen atoms in total. The average Bonchev–Trinajstić information content (AvgIpc) is 2.24. The number of hydrogen-bond donors (Lipinski definition) is 3. The molecule has 0 aromatic carbocycles. The monoisotopic (exact) mass is 228 g/mol. The second-order valence-electron chi connectivity index (χ2n) is 5.26. The highest BCUT2D eigenvalue weighted by atomic mass is 16.5. The number of morpholine rings is 1. The van der Waals surface area contributed by atoms with Gasteiger partial charge in [0.05, 0.1) is 19.3 Å². The van der Waals surface area contributed by atoms with Crippen molar-refractivity contribution in [3.63, 3.8) is 0 Å². The molecule has 2 unspecified atom stereocenters. The first-order valence-corrected chi connectivity index (χ1v) is 6.46. The van der Waals surface area contributed by atoms with Crippen LogP contribution >= 0.6 is 0 Å². The Bertz CT molecular complexity index is 201. The van der Waals surface area contributed by atoms with Gasteiger partial charge in [-0.25, -0.2) is 0 Å². The molecule has 1 saturated heterocycles. The van der Waals surface area contributed by atoms with Crippen LogP contribution in [0.1, 0.15) is 26.2 Å². The highest BCUT2D eigenvalue weighted by molar-refractivity contribution is 4.82. The molecule has 94 valence electrons. The van der Waals surface area contributed by atoms with Gasteiger partial charge in [-0.15, -0.1) is 0 Å². The molecule has 2 fully saturated rings. The number of aliphatic hydroxyl groups excluding tert-OH is 1. The first-order valence-electron chi connectivity index (χ1n) is 6.46. The predicted octanol–water partition coefficient (Wildman–Crippen LogP) is 0.114. The maximum Gasteiger partial charge on any atom is 0.0620 e. The van der Waals surface area contributed by atoms with Crippen LogP contribution in [0, 0.1) is 5.92 Å². The van der Waals surface area contributed by atoms with Crippen LogP contribution in [0.15, 0.2) is 0 Å². The third-order valence-corrected chi connectivity index (χ3v) is 3.60. The summed E-state index contributed by atoms with van der Waals surface area (Å²) in [7, 11) is 0. The van der Waals surface area contributed by atoms with Crippen molar-refractivity contribution < 1.29 is 9.84 Å². The average molecular weight is 228 g/mol. The Kier molecular flexibility index (Phi) is 4.58. The van der Waals surface area contributed by atoms with Crippen LogP contribution < -0.4 is 10.6 Å². The largest absolute Gasteiger partial charge is 0.393 e. The zero-order valence-corrected chi connectivity index (χ0v) is 10.1. The molecule has 0 radical (unpaired) electrons. The number of nitrogens with one attached hydrogen (secondary N) is 2. The molecule has 1 saturated carbocycles. The van der Waals surface area contributed by atoms with Crippen molar-refractivity contribution >= 4 is 0 Å². The molecular weight excluding hydrogens is 204 g/mol. The van der Waals surface area contributed by atoms with E-state index in [0.29, 0.717) is 18.0 Å². The Morgan fingerprint density at radius 3 is 2.94 bits per heavy atom. The van der Waals surface area contributed by atoms with Crippen LogP contribution in [0.25, 0.3) is 0 Å². The minimum Gasteiger partial charge on any atom is -0.393 e. The lowest BCUT2D eigenvalue weighted by Crippen LogP contribution is -2.46. The zero-order chi connectivity index (χ0) is 11.4. The van der Waals surface area contributed by atoms with Gasteiger partial charge in [0.1, 0.15) is 0 Å². The van der Waals surface area contributed by atoms with Gasteiger partial charge in [0.25, 0.3) is 0 Å². The van der Waals surface area contributed by atoms with E-state index < -0.39 is 0 Å². The molecule has 0 bridgehead atoms. The first-order chi connectivity index (χ1) is 7.74. The van der Waals surface area contributed by atoms with Crippen molar-refractivity contribution in [2.24, 2.45) is 5.92 Å². The Hall–Kier alpha value is -0.160. The third kappa shape index (κ3) is 3.70. The van der Waals surface area contributed by atoms with Crippen molar-refractivity contribution in [2.75, 3.05) is 26.3 Å². The van der Waals surface area contributed by atoms with Crippen molar-refractivity contribution in [1.29, 1.82) is 0 Å². The van der Waals surface area contributed by atoms with Crippen LogP contribution in [0.3, 0.4) is 0 Å². The van der Waals surface area contributed by atoms with Crippen molar-refractivity contribution in [2.45, 2.75) is 44.4 Å². The fourth-order valence-electron chi connectivity index (χ4n) is 2.52. The summed E-state index contributed by atoms with van der Waals surface area (Å²) < 4.78 is 5.43. The molecule has 0 aromatic heterocycles. The smallest absolute Gasteiger partial charge is 0.0620 e. The minimum atomic E-state index is -0.0319. The van der Waals surface area contributed by atoms with Gasteiger partial charge < -0.3 is 20.5 Å². The normalized spacial score (nSPS) is 36.8. The van der Waals surface area contributed by atoms with E-state index in [0.717, 1.165) is 45.6 Å². The van der Waals surface area contributed by atoms with Crippen molar-refractivity contribution in [1.82, 2.24) is 10.6 Å². The van der Waals surface area contributed by atoms with Gasteiger partial charge in [0, 0.05) is 18.6 Å². The summed E-state index contributed by atoms with van der Waals surface area (Å²) >= 11 is 0. The first kappa shape index (κ1) is 12.3. The van der Waals surface area contributed by atoms with Crippen LogP contribution in [-0.2, 0) is 4.74 Å². The number of hydrogen-bond acceptors (Lipinski definition) is 4. The summed E-state index contributed by atoms with van der Waals surface area (Å²) in [5, 5.41) is 16.2. The molecule has 3 N–H and O–H groups in total. The van der Waals surface area contributed by atoms with E-state index in [4.69, 9.17) is 4.74 Å². The maximum atomic E-state index is 9.19. The lowest BCUT2D eigenvalue weighted by molar-refractivity contribution is 0.0406. The van der Waals surface area contributed by atoms with Gasteiger partial charge in [0.2, 0.25) is 0 Å². The van der Waals surface area contributed by atoms with Crippen LogP contribution in [0.4, 0.5) is 0 Å². The molecule has 2 atom stereocenters. The van der Waals surface area contributed by atoms with E-state index in [1.807, 2.05) is 0 Å². The molecule has 2 aliphatic rings. The molecular formula is C12H24N2O2. The zero-order valence-electron chi connectivity index (χ0n) is 10.1. The van der Waals surface area contributed by atoms with E-state index in [9.17, 15) is 5.11 Å². The molecule has 1 aliphatic carbocycles. The van der Waals surface area contributed by atoms with E-state index in [2.05, 4.69) is 17.6 Å². The summed E-state index contributed by atoms with van der Waals surface area (Å²) in [5.41, 5.74) is 0. The number of aliphatic hydroxyl groups is 1. The molecule has 4 heteroatoms. The second kappa shape index (κ2) is 5.96. The van der Waals surface area contributed by atoms with Gasteiger partial charge in [-0.1, -0.05) is 0 Å². The summed E-state index contributed by atoms with van der Waals surface area (Å²) in [4.78, 5) is 0. The lowest BCUT2D eigenvalue weighted by Gasteiger charge is -2.33. The van der Waals surface area contributed by atoms with Crippen molar-refractivity contribution in [3.8, 4) is 0 Å². The second-order valence-corrected chi connectivity index (χ2v) is 5.26. The van der Waals surface area contributed by atoms with Crippen molar-refractivity contribution in [3.05, 3.63) is 0 Å². The SMILES string of the molecule is CC(CC1COCCN1)NCC1CC(O)C1. The highest BCUT2D eigenvalue weighted by Gasteiger charge is 2.27. The molecule has 0 spiro atoms. The third-order valence-electron chi connectivity index (χ3n) is 3.60. The Morgan fingerprint density at radius 2 is 2.31 bits per heavy atom. The van der Waals surface area contributed by atoms with E-state index in [-0.39, 0.29) is 6.10 Å². The van der Waals surface area contributed by atoms with Gasteiger partial charge in [-0.2, -0.15) is 0 Å². The summed E-state index contributed by atoms with van der Waals surface area (Å²) in [6.45, 7) is 5.94. The molecule has 1 aliphatic heterocycles. The molecule has 0 amide bonds. The van der Waals surface area contributed by atoms with Gasteiger partial charge in [-0.05, 0) is 38.6 Å². The van der Waals surface area contributed by atoms with Gasteiger partial charge in [0.15, 0.2) is 0 Å². The van der Waals surface area contributed by atoms with Gasteiger partial charge >= 0.3 is 0 Å². The quantitative estimate of drug-likeness (QED) is 0.625. The molecule has 2 rings (SSSR count). The summed E-state index contributed by atoms with van der Waals surface area (Å²) in [6, 6.07) is 1.03. The number of rotatable bonds is 5. The Morgan fingerprint density at radius 1 is 1.50 bits per heavy atom. The Labute approximate surface area is 97.7 Å². The topological polar surface area (TPSA) is 53.5 Å². The van der Waals surface area contributed by atoms with Crippen LogP contribution in [-0.4, -0.2) is 49.6 Å². The minimum absolute atomic E-state index is 0.0319. The van der Waals surface area contributed by atoms with E-state index in [1.165, 1.54) is 0 Å². The predicted molar refractivity (Wildman–Crippen MR) is 63.4 cm³/mol. The van der Waals surface area contributed by atoms with Crippen LogP contribution in [0.2, 0.25) is 0 Å². The lowest BCUT2D eigenvalue weighted by atomic mass is 9.82. The van der Waals surface area contributed by atoms with E-state index in [1.54, 1.807) is 0 Å². The Balaban J connectivity index is 1.55. The highest BCUT2D eigenvalue weighted by Crippen LogP contribution is 2.26.